The summed E-state index contributed by atoms with van der Waals surface area (Å²) < 4.78 is 0. The van der Waals surface area contributed by atoms with Crippen molar-refractivity contribution in [3.8, 4) is 0 Å². The molecular weight excluding hydrogens is 79.3 g/mol. The zero-order valence-electron chi connectivity index (χ0n) is 5.54. The Balaban J connectivity index is 2.45. The Hall–Kier alpha value is 0.260. The standard InChI is InChI=1S/C3H12B4/c1-2-3-5-7-6-4/h5-7H,2-4H2,1H3. The van der Waals surface area contributed by atoms with E-state index in [0.29, 0.717) is 0 Å². The van der Waals surface area contributed by atoms with E-state index >= 15 is 0 Å². The first kappa shape index (κ1) is 7.26. The molecule has 0 radical (unpaired) electrons. The summed E-state index contributed by atoms with van der Waals surface area (Å²) in [6.07, 6.45) is 2.79. The van der Waals surface area contributed by atoms with Gasteiger partial charge in [-0.2, -0.15) is 0 Å². The summed E-state index contributed by atoms with van der Waals surface area (Å²) in [7, 11) is 6.47. The zero-order chi connectivity index (χ0) is 5.54. The lowest BCUT2D eigenvalue weighted by Crippen LogP contribution is -2.11. The van der Waals surface area contributed by atoms with E-state index in [9.17, 15) is 0 Å². The second kappa shape index (κ2) is 6.26. The van der Waals surface area contributed by atoms with Crippen LogP contribution in [-0.2, 0) is 0 Å². The molecule has 0 nitrogen and oxygen atoms in total. The van der Waals surface area contributed by atoms with Gasteiger partial charge in [0.25, 0.3) is 0 Å². The summed E-state index contributed by atoms with van der Waals surface area (Å²) in [5.41, 5.74) is 0. The minimum atomic E-state index is 1.36. The van der Waals surface area contributed by atoms with Gasteiger partial charge in [0.2, 0.25) is 0 Å². The van der Waals surface area contributed by atoms with Crippen molar-refractivity contribution in [2.24, 2.45) is 0 Å². The van der Waals surface area contributed by atoms with Crippen LogP contribution in [-0.4, -0.2) is 29.0 Å². The Morgan fingerprint density at radius 3 is 2.71 bits per heavy atom. The summed E-state index contributed by atoms with van der Waals surface area (Å²) in [4.78, 5) is 0. The second-order valence-corrected chi connectivity index (χ2v) is 2.06. The molecule has 0 rings (SSSR count). The van der Waals surface area contributed by atoms with Gasteiger partial charge in [-0.3, -0.25) is 0 Å². The van der Waals surface area contributed by atoms with E-state index in [1.807, 2.05) is 0 Å². The van der Waals surface area contributed by atoms with Crippen LogP contribution in [0.1, 0.15) is 13.3 Å². The van der Waals surface area contributed by atoms with Crippen molar-refractivity contribution >= 4 is 29.0 Å². The Morgan fingerprint density at radius 1 is 1.57 bits per heavy atom. The molecule has 0 saturated heterocycles. The van der Waals surface area contributed by atoms with E-state index in [4.69, 9.17) is 0 Å². The molecule has 7 heavy (non-hydrogen) atoms. The molecule has 0 amide bonds. The SMILES string of the molecule is BBBBCCC. The molecule has 0 aromatic heterocycles. The molecule has 0 unspecified atom stereocenters. The highest BCUT2D eigenvalue weighted by atomic mass is 13.6. The smallest absolute Gasteiger partial charge is 0.0776 e. The van der Waals surface area contributed by atoms with Crippen LogP contribution in [0.5, 0.6) is 0 Å². The van der Waals surface area contributed by atoms with Gasteiger partial charge in [-0.15, -0.1) is 0 Å². The molecule has 0 aromatic rings. The van der Waals surface area contributed by atoms with E-state index in [0.717, 1.165) is 0 Å². The summed E-state index contributed by atoms with van der Waals surface area (Å²) in [6.45, 7) is 2.25. The van der Waals surface area contributed by atoms with Gasteiger partial charge >= 0.3 is 0 Å². The van der Waals surface area contributed by atoms with Crippen LogP contribution in [0.25, 0.3) is 0 Å². The Kier molecular flexibility index (Phi) is 6.49. The lowest BCUT2D eigenvalue weighted by molar-refractivity contribution is 1.08. The van der Waals surface area contributed by atoms with E-state index in [-0.39, 0.29) is 0 Å². The van der Waals surface area contributed by atoms with Crippen LogP contribution >= 0.6 is 0 Å². The Labute approximate surface area is 49.5 Å². The van der Waals surface area contributed by atoms with Gasteiger partial charge < -0.3 is 0 Å². The summed E-state index contributed by atoms with van der Waals surface area (Å²) in [5, 5.41) is 0. The van der Waals surface area contributed by atoms with Gasteiger partial charge in [0.1, 0.15) is 0 Å². The fourth-order valence-electron chi connectivity index (χ4n) is 0.677. The number of hydrogen-bond donors (Lipinski definition) is 0. The minimum Gasteiger partial charge on any atom is -0.0856 e. The molecule has 0 aliphatic carbocycles. The lowest BCUT2D eigenvalue weighted by Gasteiger charge is -1.85. The quantitative estimate of drug-likeness (QED) is 0.292. The van der Waals surface area contributed by atoms with Gasteiger partial charge in [-0.1, -0.05) is 19.7 Å². The third-order valence-electron chi connectivity index (χ3n) is 1.21. The maximum absolute atomic E-state index is 2.25. The van der Waals surface area contributed by atoms with Crippen molar-refractivity contribution in [2.75, 3.05) is 0 Å². The number of rotatable bonds is 4. The normalized spacial score (nSPS) is 7.57. The molecule has 0 spiro atoms. The zero-order valence-corrected chi connectivity index (χ0v) is 5.54. The molecule has 0 aliphatic rings. The van der Waals surface area contributed by atoms with Crippen molar-refractivity contribution in [2.45, 2.75) is 19.7 Å². The molecule has 36 valence electrons. The first-order chi connectivity index (χ1) is 3.41. The molecule has 0 N–H and O–H groups in total. The van der Waals surface area contributed by atoms with Crippen molar-refractivity contribution in [1.82, 2.24) is 0 Å². The molecule has 0 bridgehead atoms. The van der Waals surface area contributed by atoms with Crippen molar-refractivity contribution < 1.29 is 0 Å². The topological polar surface area (TPSA) is 0 Å². The lowest BCUT2D eigenvalue weighted by atomic mass is 9.12. The molecule has 0 aromatic carbocycles. The minimum absolute atomic E-state index is 1.36. The second-order valence-electron chi connectivity index (χ2n) is 2.06. The monoisotopic (exact) mass is 92.1 g/mol. The van der Waals surface area contributed by atoms with Crippen LogP contribution in [0.15, 0.2) is 0 Å². The molecule has 0 atom stereocenters. The Bertz CT molecular complexity index is 26.1. The van der Waals surface area contributed by atoms with Crippen LogP contribution in [0.4, 0.5) is 0 Å². The van der Waals surface area contributed by atoms with Crippen LogP contribution < -0.4 is 0 Å². The molecule has 0 heterocycles. The fourth-order valence-corrected chi connectivity index (χ4v) is 0.677. The van der Waals surface area contributed by atoms with Crippen molar-refractivity contribution in [1.29, 1.82) is 0 Å². The van der Waals surface area contributed by atoms with E-state index < -0.39 is 0 Å². The third-order valence-corrected chi connectivity index (χ3v) is 1.21. The fraction of sp³-hybridized carbons (Fsp3) is 1.00. The largest absolute Gasteiger partial charge is 0.0856 e. The highest BCUT2D eigenvalue weighted by molar-refractivity contribution is 7.41. The molecule has 0 saturated carbocycles. The molecule has 4 heteroatoms. The van der Waals surface area contributed by atoms with Crippen LogP contribution in [0.2, 0.25) is 6.32 Å². The first-order valence-corrected chi connectivity index (χ1v) is 3.41. The molecule has 0 aliphatic heterocycles. The predicted octanol–water partition coefficient (Wildman–Crippen LogP) is -1.50. The summed E-state index contributed by atoms with van der Waals surface area (Å²) in [6, 6.07) is 0. The predicted molar refractivity (Wildman–Crippen MR) is 45.1 cm³/mol. The summed E-state index contributed by atoms with van der Waals surface area (Å²) >= 11 is 0. The van der Waals surface area contributed by atoms with E-state index in [1.165, 1.54) is 34.0 Å². The highest BCUT2D eigenvalue weighted by Crippen LogP contribution is 1.81. The van der Waals surface area contributed by atoms with Gasteiger partial charge in [-0.05, 0) is 0 Å². The van der Waals surface area contributed by atoms with Crippen molar-refractivity contribution in [3.05, 3.63) is 0 Å². The average molecular weight is 91.4 g/mol. The van der Waals surface area contributed by atoms with E-state index in [1.54, 1.807) is 0 Å². The van der Waals surface area contributed by atoms with Gasteiger partial charge in [-0.25, -0.2) is 0 Å². The van der Waals surface area contributed by atoms with Crippen molar-refractivity contribution in [3.63, 3.8) is 0 Å². The van der Waals surface area contributed by atoms with Gasteiger partial charge in [0.15, 0.2) is 0 Å². The van der Waals surface area contributed by atoms with Crippen LogP contribution in [0.3, 0.4) is 0 Å². The first-order valence-electron chi connectivity index (χ1n) is 3.41. The number of hydrogen-bond acceptors (Lipinski definition) is 0. The summed E-state index contributed by atoms with van der Waals surface area (Å²) in [5.74, 6) is 0. The molecular formula is C3H12B4. The highest BCUT2D eigenvalue weighted by Gasteiger charge is 1.87. The third kappa shape index (κ3) is 6.26. The molecule has 0 fully saturated rings. The Morgan fingerprint density at radius 2 is 2.29 bits per heavy atom. The maximum Gasteiger partial charge on any atom is 0.0776 e. The average Bonchev–Trinajstić information content (AvgIpc) is 1.69. The van der Waals surface area contributed by atoms with Gasteiger partial charge in [0, 0.05) is 14.1 Å². The van der Waals surface area contributed by atoms with Crippen LogP contribution in [0, 0.1) is 0 Å². The maximum atomic E-state index is 2.25. The van der Waals surface area contributed by atoms with Gasteiger partial charge in [0.05, 0.1) is 14.9 Å². The van der Waals surface area contributed by atoms with E-state index in [2.05, 4.69) is 14.7 Å².